The summed E-state index contributed by atoms with van der Waals surface area (Å²) in [5, 5.41) is 3.83. The highest BCUT2D eigenvalue weighted by molar-refractivity contribution is 7.91. The number of alkyl halides is 6. The minimum atomic E-state index is -4.89. The number of fused-ring (bicyclic) bond motifs is 1. The molecule has 0 atom stereocenters. The first-order valence-electron chi connectivity index (χ1n) is 9.97. The topological polar surface area (TPSA) is 95.6 Å². The molecule has 0 aliphatic carbocycles. The van der Waals surface area contributed by atoms with Crippen molar-refractivity contribution in [2.45, 2.75) is 24.4 Å². The molecule has 190 valence electrons. The Labute approximate surface area is 198 Å². The van der Waals surface area contributed by atoms with Crippen molar-refractivity contribution < 1.29 is 39.5 Å². The molecule has 0 spiro atoms. The van der Waals surface area contributed by atoms with Gasteiger partial charge in [-0.3, -0.25) is 0 Å². The summed E-state index contributed by atoms with van der Waals surface area (Å²) in [5.74, 6) is -1.35. The highest BCUT2D eigenvalue weighted by Gasteiger charge is 2.32. The molecular weight excluding hydrogens is 518 g/mol. The highest BCUT2D eigenvalue weighted by atomic mass is 32.2. The van der Waals surface area contributed by atoms with Gasteiger partial charge in [-0.2, -0.15) is 17.9 Å². The van der Waals surface area contributed by atoms with E-state index in [-0.39, 0.29) is 16.8 Å². The van der Waals surface area contributed by atoms with E-state index in [0.29, 0.717) is 16.8 Å². The smallest absolute Gasteiger partial charge is 0.406 e. The van der Waals surface area contributed by atoms with E-state index >= 15 is 0 Å². The molecule has 0 unspecified atom stereocenters. The fraction of sp³-hybridized carbons (Fsp3) is 0.190. The van der Waals surface area contributed by atoms with Crippen LogP contribution in [0.5, 0.6) is 5.75 Å². The van der Waals surface area contributed by atoms with Gasteiger partial charge in [-0.15, -0.1) is 18.3 Å². The molecule has 3 heterocycles. The summed E-state index contributed by atoms with van der Waals surface area (Å²) in [6.45, 7) is 1.33. The lowest BCUT2D eigenvalue weighted by Crippen LogP contribution is -2.23. The fourth-order valence-corrected chi connectivity index (χ4v) is 4.31. The summed E-state index contributed by atoms with van der Waals surface area (Å²) < 4.78 is 107. The molecule has 15 heteroatoms. The lowest BCUT2D eigenvalue weighted by molar-refractivity contribution is -0.274. The molecule has 1 aromatic carbocycles. The van der Waals surface area contributed by atoms with Crippen LogP contribution < -0.4 is 10.4 Å². The number of rotatable bonds is 5. The summed E-state index contributed by atoms with van der Waals surface area (Å²) in [7, 11) is -4.05. The van der Waals surface area contributed by atoms with Crippen LogP contribution in [-0.2, 0) is 16.0 Å². The standard InChI is InChI=1S/C21H14F6N4O4S/c1-2-36(33,34)16-9-13(12-3-5-15(6-4-12)35-21(25,26)27)11-28-18(16)31-19(32)30-8-7-14(20(22,23)24)10-17(30)29-31/h3-11H,2H2,1H3. The van der Waals surface area contributed by atoms with Crippen LogP contribution in [-0.4, -0.2) is 39.7 Å². The zero-order valence-corrected chi connectivity index (χ0v) is 18.8. The van der Waals surface area contributed by atoms with E-state index in [9.17, 15) is 39.6 Å². The van der Waals surface area contributed by atoms with Crippen molar-refractivity contribution >= 4 is 15.5 Å². The second kappa shape index (κ2) is 8.65. The third kappa shape index (κ3) is 4.91. The third-order valence-electron chi connectivity index (χ3n) is 5.02. The summed E-state index contributed by atoms with van der Waals surface area (Å²) in [6.07, 6.45) is -7.58. The predicted molar refractivity (Wildman–Crippen MR) is 113 cm³/mol. The van der Waals surface area contributed by atoms with Crippen LogP contribution >= 0.6 is 0 Å². The first kappa shape index (κ1) is 25.2. The molecule has 0 aliphatic rings. The number of hydrogen-bond donors (Lipinski definition) is 0. The molecule has 0 amide bonds. The van der Waals surface area contributed by atoms with E-state index in [4.69, 9.17) is 0 Å². The Balaban J connectivity index is 1.84. The van der Waals surface area contributed by atoms with E-state index < -0.39 is 55.8 Å². The van der Waals surface area contributed by atoms with Crippen molar-refractivity contribution in [1.82, 2.24) is 19.2 Å². The van der Waals surface area contributed by atoms with Crippen molar-refractivity contribution in [3.05, 3.63) is 70.9 Å². The van der Waals surface area contributed by atoms with Crippen molar-refractivity contribution in [1.29, 1.82) is 0 Å². The van der Waals surface area contributed by atoms with E-state index in [1.807, 2.05) is 0 Å². The molecule has 0 aliphatic heterocycles. The van der Waals surface area contributed by atoms with E-state index in [0.717, 1.165) is 35.0 Å². The molecule has 8 nitrogen and oxygen atoms in total. The number of pyridine rings is 2. The molecule has 4 aromatic rings. The lowest BCUT2D eigenvalue weighted by atomic mass is 10.1. The van der Waals surface area contributed by atoms with Crippen molar-refractivity contribution in [2.24, 2.45) is 0 Å². The SMILES string of the molecule is CCS(=O)(=O)c1cc(-c2ccc(OC(F)(F)F)cc2)cnc1-n1nc2cc(C(F)(F)F)ccn2c1=O. The van der Waals surface area contributed by atoms with E-state index in [2.05, 4.69) is 14.8 Å². The van der Waals surface area contributed by atoms with E-state index in [1.54, 1.807) is 0 Å². The number of halogens is 6. The number of aromatic nitrogens is 4. The third-order valence-corrected chi connectivity index (χ3v) is 6.75. The number of nitrogens with zero attached hydrogens (tertiary/aromatic N) is 4. The second-order valence-electron chi connectivity index (χ2n) is 7.36. The van der Waals surface area contributed by atoms with Crippen LogP contribution in [0.15, 0.2) is 64.5 Å². The first-order valence-corrected chi connectivity index (χ1v) is 11.6. The van der Waals surface area contributed by atoms with Gasteiger partial charge in [-0.25, -0.2) is 22.6 Å². The van der Waals surface area contributed by atoms with Gasteiger partial charge in [0.1, 0.15) is 10.6 Å². The molecule has 0 saturated carbocycles. The van der Waals surface area contributed by atoms with Gasteiger partial charge in [0.05, 0.1) is 11.3 Å². The van der Waals surface area contributed by atoms with Crippen LogP contribution in [0, 0.1) is 0 Å². The van der Waals surface area contributed by atoms with Crippen LogP contribution in [0.4, 0.5) is 26.3 Å². The fourth-order valence-electron chi connectivity index (χ4n) is 3.28. The maximum absolute atomic E-state index is 13.0. The summed E-state index contributed by atoms with van der Waals surface area (Å²) in [5.41, 5.74) is -1.94. The second-order valence-corrected chi connectivity index (χ2v) is 9.60. The van der Waals surface area contributed by atoms with Crippen LogP contribution in [0.2, 0.25) is 0 Å². The van der Waals surface area contributed by atoms with Gasteiger partial charge < -0.3 is 4.74 Å². The van der Waals surface area contributed by atoms with Gasteiger partial charge >= 0.3 is 18.2 Å². The largest absolute Gasteiger partial charge is 0.573 e. The quantitative estimate of drug-likeness (QED) is 0.357. The maximum atomic E-state index is 13.0. The molecule has 36 heavy (non-hydrogen) atoms. The molecule has 0 bridgehead atoms. The molecule has 4 rings (SSSR count). The van der Waals surface area contributed by atoms with Gasteiger partial charge in [0, 0.05) is 18.0 Å². The van der Waals surface area contributed by atoms with Crippen molar-refractivity contribution in [2.75, 3.05) is 5.75 Å². The Morgan fingerprint density at radius 1 is 0.972 bits per heavy atom. The molecule has 3 aromatic heterocycles. The van der Waals surface area contributed by atoms with Gasteiger partial charge in [-0.1, -0.05) is 19.1 Å². The Kier molecular flexibility index (Phi) is 6.06. The Morgan fingerprint density at radius 3 is 2.22 bits per heavy atom. The van der Waals surface area contributed by atoms with Crippen LogP contribution in [0.1, 0.15) is 12.5 Å². The Bertz CT molecular complexity index is 1610. The van der Waals surface area contributed by atoms with Gasteiger partial charge in [0.15, 0.2) is 21.3 Å². The average Bonchev–Trinajstić information content (AvgIpc) is 3.13. The monoisotopic (exact) mass is 532 g/mol. The lowest BCUT2D eigenvalue weighted by Gasteiger charge is -2.11. The van der Waals surface area contributed by atoms with Gasteiger partial charge in [0.2, 0.25) is 0 Å². The minimum absolute atomic E-state index is 0.181. The number of benzene rings is 1. The first-order chi connectivity index (χ1) is 16.7. The molecule has 0 fully saturated rings. The number of ether oxygens (including phenoxy) is 1. The van der Waals surface area contributed by atoms with Gasteiger partial charge in [0.25, 0.3) is 0 Å². The van der Waals surface area contributed by atoms with Crippen molar-refractivity contribution in [3.8, 4) is 22.7 Å². The van der Waals surface area contributed by atoms with Crippen LogP contribution in [0.3, 0.4) is 0 Å². The highest BCUT2D eigenvalue weighted by Crippen LogP contribution is 2.31. The molecule has 0 saturated heterocycles. The summed E-state index contributed by atoms with van der Waals surface area (Å²) in [4.78, 5) is 16.4. The molecule has 0 N–H and O–H groups in total. The minimum Gasteiger partial charge on any atom is -0.406 e. The van der Waals surface area contributed by atoms with Gasteiger partial charge in [-0.05, 0) is 35.9 Å². The molecular formula is C21H14F6N4O4S. The molecule has 0 radical (unpaired) electrons. The normalized spacial score (nSPS) is 12.8. The Hall–Kier alpha value is -3.88. The maximum Gasteiger partial charge on any atom is 0.573 e. The zero-order valence-electron chi connectivity index (χ0n) is 18.0. The number of hydrogen-bond acceptors (Lipinski definition) is 6. The van der Waals surface area contributed by atoms with Crippen molar-refractivity contribution in [3.63, 3.8) is 0 Å². The zero-order chi connectivity index (χ0) is 26.5. The summed E-state index contributed by atoms with van der Waals surface area (Å²) >= 11 is 0. The Morgan fingerprint density at radius 2 is 1.64 bits per heavy atom. The van der Waals surface area contributed by atoms with Crippen LogP contribution in [0.25, 0.3) is 22.6 Å². The van der Waals surface area contributed by atoms with E-state index in [1.165, 1.54) is 19.1 Å². The number of sulfone groups is 1. The summed E-state index contributed by atoms with van der Waals surface area (Å²) in [6, 6.07) is 6.99. The average molecular weight is 532 g/mol. The predicted octanol–water partition coefficient (Wildman–Crippen LogP) is 4.26.